The van der Waals surface area contributed by atoms with Crippen LogP contribution in [-0.2, 0) is 7.05 Å². The molecule has 5 aromatic rings. The van der Waals surface area contributed by atoms with Crippen LogP contribution in [0.2, 0.25) is 0 Å². The number of carbonyl (C=O) groups excluding carboxylic acids is 3. The average molecular weight is 603 g/mol. The zero-order chi connectivity index (χ0) is 31.5. The number of anilines is 3. The van der Waals surface area contributed by atoms with Gasteiger partial charge in [0.2, 0.25) is 0 Å². The second-order valence-corrected chi connectivity index (χ2v) is 10.9. The van der Waals surface area contributed by atoms with Crippen LogP contribution in [0, 0.1) is 6.92 Å². The van der Waals surface area contributed by atoms with Gasteiger partial charge in [0.25, 0.3) is 17.7 Å². The Morgan fingerprint density at radius 2 is 1.49 bits per heavy atom. The molecule has 2 aromatic heterocycles. The maximum absolute atomic E-state index is 13.4. The summed E-state index contributed by atoms with van der Waals surface area (Å²) in [7, 11) is 3.43. The number of aromatic nitrogens is 3. The van der Waals surface area contributed by atoms with Crippen molar-refractivity contribution in [3.63, 3.8) is 0 Å². The topological polar surface area (TPSA) is 133 Å². The Kier molecular flexibility index (Phi) is 8.26. The first-order valence-corrected chi connectivity index (χ1v) is 14.7. The first-order chi connectivity index (χ1) is 21.8. The van der Waals surface area contributed by atoms with Gasteiger partial charge in [0, 0.05) is 85.5 Å². The van der Waals surface area contributed by atoms with E-state index in [9.17, 15) is 14.4 Å². The van der Waals surface area contributed by atoms with Crippen molar-refractivity contribution in [2.45, 2.75) is 6.92 Å². The molecule has 0 spiro atoms. The summed E-state index contributed by atoms with van der Waals surface area (Å²) in [5, 5.41) is 17.4. The van der Waals surface area contributed by atoms with Gasteiger partial charge in [-0.25, -0.2) is 4.98 Å². The van der Waals surface area contributed by atoms with Crippen LogP contribution in [0.5, 0.6) is 0 Å². The number of rotatable bonds is 7. The summed E-state index contributed by atoms with van der Waals surface area (Å²) in [4.78, 5) is 45.1. The summed E-state index contributed by atoms with van der Waals surface area (Å²) in [6.45, 7) is 5.58. The minimum atomic E-state index is -0.324. The van der Waals surface area contributed by atoms with Gasteiger partial charge >= 0.3 is 0 Å². The zero-order valence-corrected chi connectivity index (χ0v) is 25.3. The van der Waals surface area contributed by atoms with Crippen molar-refractivity contribution in [2.24, 2.45) is 7.05 Å². The van der Waals surface area contributed by atoms with Gasteiger partial charge in [-0.15, -0.1) is 0 Å². The molecular formula is C34H34N8O3. The van der Waals surface area contributed by atoms with E-state index in [0.29, 0.717) is 28.1 Å². The van der Waals surface area contributed by atoms with Gasteiger partial charge in [-0.2, -0.15) is 5.10 Å². The van der Waals surface area contributed by atoms with Crippen LogP contribution < -0.4 is 26.2 Å². The van der Waals surface area contributed by atoms with Gasteiger partial charge in [0.05, 0.1) is 5.52 Å². The largest absolute Gasteiger partial charge is 0.355 e. The van der Waals surface area contributed by atoms with Crippen LogP contribution >= 0.6 is 0 Å². The van der Waals surface area contributed by atoms with Crippen molar-refractivity contribution < 1.29 is 14.4 Å². The Hall–Kier alpha value is -5.55. The highest BCUT2D eigenvalue weighted by atomic mass is 16.2. The van der Waals surface area contributed by atoms with Crippen molar-refractivity contribution in [2.75, 3.05) is 48.8 Å². The third-order valence-electron chi connectivity index (χ3n) is 7.95. The molecule has 6 rings (SSSR count). The fourth-order valence-electron chi connectivity index (χ4n) is 5.38. The molecular weight excluding hydrogens is 568 g/mol. The molecule has 0 saturated carbocycles. The number of carbonyl (C=O) groups is 3. The molecule has 3 amide bonds. The van der Waals surface area contributed by atoms with Crippen molar-refractivity contribution >= 4 is 45.8 Å². The van der Waals surface area contributed by atoms with Crippen molar-refractivity contribution in [3.8, 4) is 11.3 Å². The Morgan fingerprint density at radius 1 is 0.800 bits per heavy atom. The van der Waals surface area contributed by atoms with Gasteiger partial charge in [0.1, 0.15) is 11.5 Å². The molecule has 0 bridgehead atoms. The van der Waals surface area contributed by atoms with E-state index in [-0.39, 0.29) is 17.7 Å². The second-order valence-electron chi connectivity index (χ2n) is 10.9. The third-order valence-corrected chi connectivity index (χ3v) is 7.95. The molecule has 11 nitrogen and oxygen atoms in total. The Balaban J connectivity index is 1.19. The molecule has 1 aliphatic rings. The lowest BCUT2D eigenvalue weighted by Crippen LogP contribution is -2.43. The molecule has 3 aromatic carbocycles. The summed E-state index contributed by atoms with van der Waals surface area (Å²) in [6, 6.07) is 21.3. The first kappa shape index (κ1) is 29.5. The lowest BCUT2D eigenvalue weighted by molar-refractivity contribution is 0.0960. The Labute approximate surface area is 260 Å². The fourth-order valence-corrected chi connectivity index (χ4v) is 5.38. The molecule has 0 atom stereocenters. The lowest BCUT2D eigenvalue weighted by Gasteiger charge is -2.28. The van der Waals surface area contributed by atoms with Crippen LogP contribution in [0.15, 0.2) is 79.0 Å². The van der Waals surface area contributed by atoms with Gasteiger partial charge in [-0.1, -0.05) is 6.07 Å². The van der Waals surface area contributed by atoms with Crippen LogP contribution in [-0.4, -0.2) is 65.7 Å². The summed E-state index contributed by atoms with van der Waals surface area (Å²) < 4.78 is 1.80. The van der Waals surface area contributed by atoms with Gasteiger partial charge < -0.3 is 26.2 Å². The number of hydrogen-bond donors (Lipinski definition) is 4. The van der Waals surface area contributed by atoms with E-state index in [1.807, 2.05) is 50.5 Å². The molecule has 1 aliphatic heterocycles. The highest BCUT2D eigenvalue weighted by Gasteiger charge is 2.17. The van der Waals surface area contributed by atoms with Crippen LogP contribution in [0.25, 0.3) is 22.2 Å². The number of nitrogens with zero attached hydrogens (tertiary/aromatic N) is 4. The number of pyridine rings is 1. The SMILES string of the molecule is CNC(=O)c1ccc(C(=O)Nc2cc(NC(=O)c3ccc4c(c3)c(-c3ccc(N5CCNCC5)nc3)nn4C)ccc2C)cc1. The smallest absolute Gasteiger partial charge is 0.255 e. The third kappa shape index (κ3) is 6.24. The Morgan fingerprint density at radius 3 is 2.18 bits per heavy atom. The summed E-state index contributed by atoms with van der Waals surface area (Å²) in [5.41, 5.74) is 5.81. The Bertz CT molecular complexity index is 1890. The van der Waals surface area contributed by atoms with E-state index in [1.165, 1.54) is 0 Å². The predicted molar refractivity (Wildman–Crippen MR) is 176 cm³/mol. The number of hydrogen-bond acceptors (Lipinski definition) is 7. The zero-order valence-electron chi connectivity index (χ0n) is 25.3. The molecule has 4 N–H and O–H groups in total. The number of benzene rings is 3. The minimum Gasteiger partial charge on any atom is -0.355 e. The van der Waals surface area contributed by atoms with E-state index in [2.05, 4.69) is 26.2 Å². The van der Waals surface area contributed by atoms with Crippen LogP contribution in [0.3, 0.4) is 0 Å². The lowest BCUT2D eigenvalue weighted by atomic mass is 10.1. The minimum absolute atomic E-state index is 0.225. The van der Waals surface area contributed by atoms with E-state index in [1.54, 1.807) is 54.2 Å². The van der Waals surface area contributed by atoms with Crippen LogP contribution in [0.4, 0.5) is 17.2 Å². The first-order valence-electron chi connectivity index (χ1n) is 14.7. The highest BCUT2D eigenvalue weighted by molar-refractivity contribution is 6.09. The molecule has 0 aliphatic carbocycles. The normalized spacial score (nSPS) is 13.0. The van der Waals surface area contributed by atoms with E-state index in [4.69, 9.17) is 10.1 Å². The predicted octanol–water partition coefficient (Wildman–Crippen LogP) is 4.22. The van der Waals surface area contributed by atoms with Gasteiger partial charge in [-0.05, 0) is 79.2 Å². The average Bonchev–Trinajstić information content (AvgIpc) is 3.41. The van der Waals surface area contributed by atoms with E-state index in [0.717, 1.165) is 59.7 Å². The summed E-state index contributed by atoms with van der Waals surface area (Å²) >= 11 is 0. The summed E-state index contributed by atoms with van der Waals surface area (Å²) in [5.74, 6) is 0.102. The van der Waals surface area contributed by atoms with Crippen molar-refractivity contribution in [1.29, 1.82) is 0 Å². The standard InChI is InChI=1S/C34H34N8O3/c1-21-4-11-26(19-28(21)39-33(44)23-7-5-22(6-8-23)32(43)35-2)38-34(45)24-9-12-29-27(18-24)31(40-41(29)3)25-10-13-30(37-20-25)42-16-14-36-15-17-42/h4-13,18-20,36H,14-17H2,1-3H3,(H,35,43)(H,38,45)(H,39,44). The molecule has 1 fully saturated rings. The summed E-state index contributed by atoms with van der Waals surface area (Å²) in [6.07, 6.45) is 1.84. The highest BCUT2D eigenvalue weighted by Crippen LogP contribution is 2.30. The fraction of sp³-hybridized carbons (Fsp3) is 0.206. The molecule has 228 valence electrons. The molecule has 45 heavy (non-hydrogen) atoms. The van der Waals surface area contributed by atoms with E-state index >= 15 is 0 Å². The van der Waals surface area contributed by atoms with Gasteiger partial charge in [0.15, 0.2) is 0 Å². The number of fused-ring (bicyclic) bond motifs is 1. The number of amides is 3. The number of nitrogens with one attached hydrogen (secondary N) is 4. The maximum atomic E-state index is 13.4. The monoisotopic (exact) mass is 602 g/mol. The molecule has 1 saturated heterocycles. The second kappa shape index (κ2) is 12.6. The molecule has 0 unspecified atom stereocenters. The molecule has 3 heterocycles. The molecule has 0 radical (unpaired) electrons. The van der Waals surface area contributed by atoms with Gasteiger partial charge in [-0.3, -0.25) is 19.1 Å². The molecule has 11 heteroatoms. The van der Waals surface area contributed by atoms with Crippen molar-refractivity contribution in [3.05, 3.63) is 101 Å². The maximum Gasteiger partial charge on any atom is 0.255 e. The van der Waals surface area contributed by atoms with Crippen molar-refractivity contribution in [1.82, 2.24) is 25.4 Å². The number of aryl methyl sites for hydroxylation is 2. The van der Waals surface area contributed by atoms with E-state index < -0.39 is 0 Å². The quantitative estimate of drug-likeness (QED) is 0.219. The van der Waals surface area contributed by atoms with Crippen LogP contribution in [0.1, 0.15) is 36.6 Å². The number of piperazine rings is 1.